The van der Waals surface area contributed by atoms with Gasteiger partial charge in [-0.15, -0.1) is 0 Å². The van der Waals surface area contributed by atoms with Crippen molar-refractivity contribution in [2.75, 3.05) is 0 Å². The van der Waals surface area contributed by atoms with Gasteiger partial charge in [0.1, 0.15) is 0 Å². The van der Waals surface area contributed by atoms with Crippen LogP contribution in [0.4, 0.5) is 0 Å². The van der Waals surface area contributed by atoms with Gasteiger partial charge in [0.05, 0.1) is 10.4 Å². The van der Waals surface area contributed by atoms with Crippen LogP contribution >= 0.6 is 0 Å². The SMILES string of the molecule is O=S(=O)(NC12CCC(c3[nH]nc4ccc5c(c34)C=CC5)(CC1)CC2)c1ccccc1. The van der Waals surface area contributed by atoms with E-state index in [-0.39, 0.29) is 11.0 Å². The van der Waals surface area contributed by atoms with E-state index in [1.54, 1.807) is 24.3 Å². The summed E-state index contributed by atoms with van der Waals surface area (Å²) >= 11 is 0. The number of fused-ring (bicyclic) bond motifs is 6. The molecule has 2 N–H and O–H groups in total. The minimum Gasteiger partial charge on any atom is -0.281 e. The van der Waals surface area contributed by atoms with E-state index in [4.69, 9.17) is 0 Å². The summed E-state index contributed by atoms with van der Waals surface area (Å²) in [6, 6.07) is 13.0. The molecule has 5 nitrogen and oxygen atoms in total. The molecule has 0 amide bonds. The van der Waals surface area contributed by atoms with Crippen LogP contribution < -0.4 is 4.72 Å². The molecule has 3 fully saturated rings. The number of benzene rings is 2. The van der Waals surface area contributed by atoms with Crippen LogP contribution in [0.3, 0.4) is 0 Å². The van der Waals surface area contributed by atoms with Crippen molar-refractivity contribution in [1.29, 1.82) is 0 Å². The Morgan fingerprint density at radius 2 is 1.67 bits per heavy atom. The zero-order valence-corrected chi connectivity index (χ0v) is 17.6. The highest BCUT2D eigenvalue weighted by molar-refractivity contribution is 7.89. The second-order valence-electron chi connectivity index (χ2n) is 9.22. The maximum absolute atomic E-state index is 13.0. The van der Waals surface area contributed by atoms with Crippen molar-refractivity contribution >= 4 is 27.0 Å². The molecule has 0 atom stereocenters. The maximum Gasteiger partial charge on any atom is 0.241 e. The van der Waals surface area contributed by atoms with Gasteiger partial charge in [-0.1, -0.05) is 36.4 Å². The molecule has 4 aliphatic carbocycles. The van der Waals surface area contributed by atoms with Crippen LogP contribution in [-0.2, 0) is 21.9 Å². The summed E-state index contributed by atoms with van der Waals surface area (Å²) < 4.78 is 29.0. The quantitative estimate of drug-likeness (QED) is 0.656. The van der Waals surface area contributed by atoms with Gasteiger partial charge in [0.2, 0.25) is 10.0 Å². The van der Waals surface area contributed by atoms with Crippen LogP contribution in [0, 0.1) is 0 Å². The van der Waals surface area contributed by atoms with Crippen molar-refractivity contribution < 1.29 is 8.42 Å². The molecular formula is C24H25N3O2S. The monoisotopic (exact) mass is 419 g/mol. The Hall–Kier alpha value is -2.44. The van der Waals surface area contributed by atoms with E-state index in [1.807, 2.05) is 6.07 Å². The second-order valence-corrected chi connectivity index (χ2v) is 10.9. The smallest absolute Gasteiger partial charge is 0.241 e. The number of sulfonamides is 1. The number of hydrogen-bond donors (Lipinski definition) is 2. The molecule has 0 radical (unpaired) electrons. The first kappa shape index (κ1) is 18.3. The van der Waals surface area contributed by atoms with E-state index in [9.17, 15) is 8.42 Å². The Morgan fingerprint density at radius 1 is 0.933 bits per heavy atom. The summed E-state index contributed by atoms with van der Waals surface area (Å²) in [6.07, 6.45) is 11.0. The Labute approximate surface area is 176 Å². The lowest BCUT2D eigenvalue weighted by Gasteiger charge is -2.53. The highest BCUT2D eigenvalue weighted by Crippen LogP contribution is 2.55. The summed E-state index contributed by atoms with van der Waals surface area (Å²) in [6.45, 7) is 0. The molecule has 0 spiro atoms. The first-order chi connectivity index (χ1) is 14.5. The summed E-state index contributed by atoms with van der Waals surface area (Å²) in [5.41, 5.74) is 4.74. The molecule has 1 aromatic heterocycles. The largest absolute Gasteiger partial charge is 0.281 e. The van der Waals surface area contributed by atoms with Crippen LogP contribution in [0.25, 0.3) is 17.0 Å². The van der Waals surface area contributed by atoms with Gasteiger partial charge in [-0.05, 0) is 74.3 Å². The van der Waals surface area contributed by atoms with E-state index in [2.05, 4.69) is 39.2 Å². The van der Waals surface area contributed by atoms with Crippen molar-refractivity contribution in [1.82, 2.24) is 14.9 Å². The number of hydrogen-bond acceptors (Lipinski definition) is 3. The predicted octanol–water partition coefficient (Wildman–Crippen LogP) is 4.46. The van der Waals surface area contributed by atoms with Crippen molar-refractivity contribution in [2.45, 2.75) is 60.8 Å². The summed E-state index contributed by atoms with van der Waals surface area (Å²) in [4.78, 5) is 0.351. The molecule has 154 valence electrons. The maximum atomic E-state index is 13.0. The lowest BCUT2D eigenvalue weighted by molar-refractivity contribution is 0.0926. The number of aromatic amines is 1. The fourth-order valence-electron chi connectivity index (χ4n) is 5.89. The highest BCUT2D eigenvalue weighted by Gasteiger charge is 2.52. The fourth-order valence-corrected chi connectivity index (χ4v) is 7.40. The molecular weight excluding hydrogens is 394 g/mol. The van der Waals surface area contributed by atoms with Gasteiger partial charge in [-0.25, -0.2) is 13.1 Å². The van der Waals surface area contributed by atoms with Gasteiger partial charge < -0.3 is 0 Å². The highest BCUT2D eigenvalue weighted by atomic mass is 32.2. The van der Waals surface area contributed by atoms with Gasteiger partial charge in [-0.2, -0.15) is 5.10 Å². The lowest BCUT2D eigenvalue weighted by Crippen LogP contribution is -2.57. The van der Waals surface area contributed by atoms with E-state index in [0.717, 1.165) is 50.5 Å². The molecule has 3 aromatic rings. The molecule has 0 aliphatic heterocycles. The molecule has 0 unspecified atom stereocenters. The van der Waals surface area contributed by atoms with Crippen LogP contribution in [0.2, 0.25) is 0 Å². The van der Waals surface area contributed by atoms with Crippen molar-refractivity contribution in [3.05, 3.63) is 65.4 Å². The fraction of sp³-hybridized carbons (Fsp3) is 0.375. The van der Waals surface area contributed by atoms with Crippen LogP contribution in [0.1, 0.15) is 55.3 Å². The van der Waals surface area contributed by atoms with Crippen molar-refractivity contribution in [3.63, 3.8) is 0 Å². The Morgan fingerprint density at radius 3 is 2.40 bits per heavy atom. The van der Waals surface area contributed by atoms with Gasteiger partial charge >= 0.3 is 0 Å². The zero-order chi connectivity index (χ0) is 20.4. The number of aromatic nitrogens is 2. The average Bonchev–Trinajstić information content (AvgIpc) is 3.42. The summed E-state index contributed by atoms with van der Waals surface area (Å²) in [5.74, 6) is 0. The lowest BCUT2D eigenvalue weighted by atomic mass is 9.56. The molecule has 0 saturated heterocycles. The van der Waals surface area contributed by atoms with Crippen LogP contribution in [0.15, 0.2) is 53.4 Å². The minimum absolute atomic E-state index is 0.0697. The third-order valence-corrected chi connectivity index (χ3v) is 9.25. The third-order valence-electron chi connectivity index (χ3n) is 7.66. The van der Waals surface area contributed by atoms with Crippen molar-refractivity contribution in [3.8, 4) is 0 Å². The predicted molar refractivity (Wildman–Crippen MR) is 118 cm³/mol. The van der Waals surface area contributed by atoms with Crippen molar-refractivity contribution in [2.24, 2.45) is 0 Å². The summed E-state index contributed by atoms with van der Waals surface area (Å²) in [5, 5.41) is 9.30. The Balaban J connectivity index is 1.31. The molecule has 30 heavy (non-hydrogen) atoms. The van der Waals surface area contributed by atoms with Crippen LogP contribution in [0.5, 0.6) is 0 Å². The topological polar surface area (TPSA) is 74.8 Å². The third kappa shape index (κ3) is 2.63. The minimum atomic E-state index is -3.50. The number of allylic oxidation sites excluding steroid dienone is 1. The Kier molecular flexibility index (Phi) is 3.84. The standard InChI is InChI=1S/C24H25N3O2S/c28-30(29,18-6-2-1-3-7-18)27-24-14-11-23(12-15-24,13-16-24)22-21-19-8-4-5-17(19)9-10-20(21)25-26-22/h1-4,6-10,27H,5,11-16H2,(H,25,26). The average molecular weight is 420 g/mol. The normalized spacial score (nSPS) is 27.6. The molecule has 1 heterocycles. The Bertz CT molecular complexity index is 1250. The molecule has 4 aliphatic rings. The molecule has 7 rings (SSSR count). The zero-order valence-electron chi connectivity index (χ0n) is 16.8. The molecule has 2 aromatic carbocycles. The van der Waals surface area contributed by atoms with Gasteiger partial charge in [0.15, 0.2) is 0 Å². The number of H-pyrrole nitrogens is 1. The molecule has 2 bridgehead atoms. The number of nitrogens with zero attached hydrogens (tertiary/aromatic N) is 1. The number of rotatable bonds is 4. The van der Waals surface area contributed by atoms with Crippen LogP contribution in [-0.4, -0.2) is 24.2 Å². The summed E-state index contributed by atoms with van der Waals surface area (Å²) in [7, 11) is -3.50. The van der Waals surface area contributed by atoms with E-state index in [1.165, 1.54) is 22.2 Å². The van der Waals surface area contributed by atoms with E-state index < -0.39 is 10.0 Å². The number of nitrogens with one attached hydrogen (secondary N) is 2. The molecule has 3 saturated carbocycles. The first-order valence-electron chi connectivity index (χ1n) is 10.8. The second kappa shape index (κ2) is 6.28. The van der Waals surface area contributed by atoms with E-state index in [0.29, 0.717) is 4.90 Å². The van der Waals surface area contributed by atoms with Gasteiger partial charge in [0.25, 0.3) is 0 Å². The van der Waals surface area contributed by atoms with Gasteiger partial charge in [0, 0.05) is 22.0 Å². The first-order valence-corrected chi connectivity index (χ1v) is 12.2. The van der Waals surface area contributed by atoms with Gasteiger partial charge in [-0.3, -0.25) is 5.10 Å². The molecule has 6 heteroatoms. The van der Waals surface area contributed by atoms with E-state index >= 15 is 0 Å².